The van der Waals surface area contributed by atoms with Gasteiger partial charge in [-0.2, -0.15) is 0 Å². The van der Waals surface area contributed by atoms with E-state index >= 15 is 0 Å². The zero-order valence-electron chi connectivity index (χ0n) is 14.8. The molecule has 2 fully saturated rings. The molecule has 0 aromatic carbocycles. The first-order chi connectivity index (χ1) is 12.2. The van der Waals surface area contributed by atoms with Crippen molar-refractivity contribution in [3.8, 4) is 0 Å². The van der Waals surface area contributed by atoms with Gasteiger partial charge in [-0.1, -0.05) is 6.07 Å². The van der Waals surface area contributed by atoms with E-state index in [4.69, 9.17) is 0 Å². The van der Waals surface area contributed by atoms with E-state index in [1.54, 1.807) is 6.07 Å². The number of hydrogen-bond donors (Lipinski definition) is 2. The van der Waals surface area contributed by atoms with Gasteiger partial charge in [0.25, 0.3) is 5.56 Å². The normalized spacial score (nSPS) is 23.3. The monoisotopic (exact) mass is 344 g/mol. The van der Waals surface area contributed by atoms with Crippen molar-refractivity contribution in [2.45, 2.75) is 63.6 Å². The van der Waals surface area contributed by atoms with Gasteiger partial charge >= 0.3 is 6.03 Å². The fraction of sp³-hybridized carbons (Fsp3) is 0.684. The van der Waals surface area contributed by atoms with Gasteiger partial charge in [0.05, 0.1) is 0 Å². The number of pyridine rings is 1. The molecule has 2 N–H and O–H groups in total. The van der Waals surface area contributed by atoms with Crippen LogP contribution < -0.4 is 16.2 Å². The Balaban J connectivity index is 1.40. The minimum absolute atomic E-state index is 0.0432. The summed E-state index contributed by atoms with van der Waals surface area (Å²) in [6.45, 7) is 4.06. The molecule has 136 valence electrons. The van der Waals surface area contributed by atoms with Crippen LogP contribution in [0.3, 0.4) is 0 Å². The second-order valence-electron chi connectivity index (χ2n) is 7.68. The summed E-state index contributed by atoms with van der Waals surface area (Å²) in [6, 6.07) is 4.15. The van der Waals surface area contributed by atoms with Crippen LogP contribution in [0.4, 0.5) is 4.79 Å². The van der Waals surface area contributed by atoms with E-state index in [1.807, 2.05) is 10.6 Å². The van der Waals surface area contributed by atoms with Gasteiger partial charge in [-0.25, -0.2) is 4.79 Å². The van der Waals surface area contributed by atoms with Crippen LogP contribution in [0, 0.1) is 0 Å². The van der Waals surface area contributed by atoms with Gasteiger partial charge in [0.1, 0.15) is 0 Å². The molecule has 1 unspecified atom stereocenters. The summed E-state index contributed by atoms with van der Waals surface area (Å²) < 4.78 is 1.97. The number of amides is 2. The highest BCUT2D eigenvalue weighted by Gasteiger charge is 2.26. The lowest BCUT2D eigenvalue weighted by Crippen LogP contribution is -2.46. The van der Waals surface area contributed by atoms with E-state index in [2.05, 4.69) is 15.5 Å². The van der Waals surface area contributed by atoms with E-state index in [9.17, 15) is 9.59 Å². The summed E-state index contributed by atoms with van der Waals surface area (Å²) in [5, 5.41) is 6.08. The maximum Gasteiger partial charge on any atom is 0.315 e. The third kappa shape index (κ3) is 4.06. The van der Waals surface area contributed by atoms with Gasteiger partial charge in [-0.05, 0) is 63.6 Å². The van der Waals surface area contributed by atoms with Crippen LogP contribution in [-0.2, 0) is 19.4 Å². The van der Waals surface area contributed by atoms with E-state index in [1.165, 1.54) is 24.1 Å². The molecule has 1 saturated heterocycles. The number of nitrogens with zero attached hydrogens (tertiary/aromatic N) is 2. The first-order valence-corrected chi connectivity index (χ1v) is 9.70. The number of urea groups is 1. The third-order valence-electron chi connectivity index (χ3n) is 5.67. The standard InChI is InChI=1S/C19H28N4O2/c24-18-8-3-14-13-16(21-19(25)20-15-4-5-15)6-7-17(14)23(18)12-11-22-9-1-2-10-22/h3,8,15-16H,1-2,4-7,9-13H2,(H2,20,21,25). The van der Waals surface area contributed by atoms with Crippen molar-refractivity contribution in [2.24, 2.45) is 0 Å². The molecule has 1 aromatic heterocycles. The third-order valence-corrected chi connectivity index (χ3v) is 5.67. The maximum atomic E-state index is 12.3. The van der Waals surface area contributed by atoms with Gasteiger partial charge < -0.3 is 20.1 Å². The molecule has 2 amide bonds. The number of fused-ring (bicyclic) bond motifs is 1. The Hall–Kier alpha value is -1.82. The van der Waals surface area contributed by atoms with Crippen molar-refractivity contribution in [3.63, 3.8) is 0 Å². The molecule has 6 nitrogen and oxygen atoms in total. The quantitative estimate of drug-likeness (QED) is 0.845. The van der Waals surface area contributed by atoms with Gasteiger partial charge in [0.15, 0.2) is 0 Å². The highest BCUT2D eigenvalue weighted by molar-refractivity contribution is 5.75. The number of nitrogens with one attached hydrogen (secondary N) is 2. The second kappa shape index (κ2) is 7.20. The lowest BCUT2D eigenvalue weighted by molar-refractivity contribution is 0.235. The first-order valence-electron chi connectivity index (χ1n) is 9.70. The summed E-state index contributed by atoms with van der Waals surface area (Å²) in [5.41, 5.74) is 2.49. The minimum Gasteiger partial charge on any atom is -0.335 e. The van der Waals surface area contributed by atoms with Gasteiger partial charge in [-0.3, -0.25) is 4.79 Å². The highest BCUT2D eigenvalue weighted by atomic mass is 16.2. The van der Waals surface area contributed by atoms with Crippen molar-refractivity contribution in [1.82, 2.24) is 20.1 Å². The molecule has 1 aromatic rings. The summed E-state index contributed by atoms with van der Waals surface area (Å²) in [6.07, 6.45) is 7.33. The van der Waals surface area contributed by atoms with Crippen LogP contribution in [0.25, 0.3) is 0 Å². The Morgan fingerprint density at radius 1 is 1.04 bits per heavy atom. The molecule has 1 aliphatic heterocycles. The molecule has 0 spiro atoms. The lowest BCUT2D eigenvalue weighted by atomic mass is 9.91. The van der Waals surface area contributed by atoms with Crippen molar-refractivity contribution < 1.29 is 4.79 Å². The predicted molar refractivity (Wildman–Crippen MR) is 96.9 cm³/mol. The highest BCUT2D eigenvalue weighted by Crippen LogP contribution is 2.21. The number of carbonyl (C=O) groups is 1. The summed E-state index contributed by atoms with van der Waals surface area (Å²) in [5.74, 6) is 0. The number of carbonyl (C=O) groups excluding carboxylic acids is 1. The average Bonchev–Trinajstić information content (AvgIpc) is 3.25. The molecular weight excluding hydrogens is 316 g/mol. The number of rotatable bonds is 5. The number of aromatic nitrogens is 1. The second-order valence-corrected chi connectivity index (χ2v) is 7.68. The molecule has 0 bridgehead atoms. The molecule has 1 atom stereocenters. The van der Waals surface area contributed by atoms with E-state index in [0.717, 1.165) is 58.3 Å². The van der Waals surface area contributed by atoms with Gasteiger partial charge in [0.2, 0.25) is 0 Å². The van der Waals surface area contributed by atoms with Crippen LogP contribution in [0.2, 0.25) is 0 Å². The van der Waals surface area contributed by atoms with Crippen molar-refractivity contribution >= 4 is 6.03 Å². The Bertz CT molecular complexity index is 689. The van der Waals surface area contributed by atoms with Gasteiger partial charge in [-0.15, -0.1) is 0 Å². The Labute approximate surface area is 148 Å². The van der Waals surface area contributed by atoms with Crippen molar-refractivity contribution in [1.29, 1.82) is 0 Å². The molecule has 1 saturated carbocycles. The zero-order chi connectivity index (χ0) is 17.2. The molecule has 0 radical (unpaired) electrons. The number of hydrogen-bond acceptors (Lipinski definition) is 3. The SMILES string of the molecule is O=C(NC1CC1)NC1CCc2c(ccc(=O)n2CCN2CCCC2)C1. The van der Waals surface area contributed by atoms with Crippen LogP contribution in [0.5, 0.6) is 0 Å². The summed E-state index contributed by atoms with van der Waals surface area (Å²) in [4.78, 5) is 26.8. The first kappa shape index (κ1) is 16.6. The van der Waals surface area contributed by atoms with Crippen LogP contribution in [0.15, 0.2) is 16.9 Å². The molecular formula is C19H28N4O2. The molecule has 25 heavy (non-hydrogen) atoms. The van der Waals surface area contributed by atoms with Crippen LogP contribution >= 0.6 is 0 Å². The summed E-state index contributed by atoms with van der Waals surface area (Å²) >= 11 is 0. The molecule has 2 aliphatic carbocycles. The summed E-state index contributed by atoms with van der Waals surface area (Å²) in [7, 11) is 0. The minimum atomic E-state index is -0.0432. The Morgan fingerprint density at radius 2 is 1.80 bits per heavy atom. The van der Waals surface area contributed by atoms with Crippen molar-refractivity contribution in [3.05, 3.63) is 33.7 Å². The fourth-order valence-electron chi connectivity index (χ4n) is 4.08. The molecule has 4 rings (SSSR count). The maximum absolute atomic E-state index is 12.3. The average molecular weight is 344 g/mol. The topological polar surface area (TPSA) is 66.4 Å². The van der Waals surface area contributed by atoms with E-state index in [0.29, 0.717) is 6.04 Å². The van der Waals surface area contributed by atoms with E-state index < -0.39 is 0 Å². The molecule has 6 heteroatoms. The number of likely N-dealkylation sites (tertiary alicyclic amines) is 1. The Morgan fingerprint density at radius 3 is 2.56 bits per heavy atom. The van der Waals surface area contributed by atoms with E-state index in [-0.39, 0.29) is 17.6 Å². The van der Waals surface area contributed by atoms with Crippen molar-refractivity contribution in [2.75, 3.05) is 19.6 Å². The fourth-order valence-corrected chi connectivity index (χ4v) is 4.08. The van der Waals surface area contributed by atoms with Gasteiger partial charge in [0, 0.05) is 36.9 Å². The van der Waals surface area contributed by atoms with Crippen LogP contribution in [-0.4, -0.2) is 47.2 Å². The predicted octanol–water partition coefficient (Wildman–Crippen LogP) is 1.26. The smallest absolute Gasteiger partial charge is 0.315 e. The lowest BCUT2D eigenvalue weighted by Gasteiger charge is -2.28. The van der Waals surface area contributed by atoms with Crippen LogP contribution in [0.1, 0.15) is 43.4 Å². The zero-order valence-corrected chi connectivity index (χ0v) is 14.8. The Kier molecular flexibility index (Phi) is 4.79. The molecule has 2 heterocycles. The molecule has 3 aliphatic rings. The largest absolute Gasteiger partial charge is 0.335 e.